The molecule has 0 aliphatic heterocycles. The molecule has 5 nitrogen and oxygen atoms in total. The molecular weight excluding hydrogens is 418 g/mol. The van der Waals surface area contributed by atoms with Crippen molar-refractivity contribution in [3.63, 3.8) is 0 Å². The van der Waals surface area contributed by atoms with Gasteiger partial charge in [0, 0.05) is 5.75 Å². The van der Waals surface area contributed by atoms with Gasteiger partial charge in [-0.25, -0.2) is 16.9 Å². The van der Waals surface area contributed by atoms with Gasteiger partial charge in [0.05, 0.1) is 23.3 Å². The van der Waals surface area contributed by atoms with Gasteiger partial charge in [-0.05, 0) is 59.8 Å². The number of aryl methyl sites for hydroxylation is 1. The summed E-state index contributed by atoms with van der Waals surface area (Å²) in [7, 11) is -2.61. The molecule has 0 saturated heterocycles. The summed E-state index contributed by atoms with van der Waals surface area (Å²) in [6.45, 7) is 3.63. The summed E-state index contributed by atoms with van der Waals surface area (Å²) >= 11 is 1.19. The highest BCUT2D eigenvalue weighted by Gasteiger charge is 2.27. The molecule has 0 radical (unpaired) electrons. The first kappa shape index (κ1) is 21.9. The van der Waals surface area contributed by atoms with E-state index in [4.69, 9.17) is 4.74 Å². The minimum Gasteiger partial charge on any atom is -0.465 e. The van der Waals surface area contributed by atoms with Crippen LogP contribution in [0.1, 0.15) is 22.8 Å². The first-order valence-electron chi connectivity index (χ1n) is 9.41. The van der Waals surface area contributed by atoms with Crippen LogP contribution in [0.3, 0.4) is 0 Å². The van der Waals surface area contributed by atoms with Crippen molar-refractivity contribution in [2.75, 3.05) is 16.6 Å². The van der Waals surface area contributed by atoms with Crippen LogP contribution in [-0.2, 0) is 14.8 Å². The van der Waals surface area contributed by atoms with Crippen molar-refractivity contribution in [2.24, 2.45) is 0 Å². The van der Waals surface area contributed by atoms with Crippen molar-refractivity contribution in [3.05, 3.63) is 83.9 Å². The summed E-state index contributed by atoms with van der Waals surface area (Å²) in [6.07, 6.45) is 0. The fourth-order valence-electron chi connectivity index (χ4n) is 2.99. The molecule has 0 atom stereocenters. The molecule has 0 fully saturated rings. The molecule has 0 unspecified atom stereocenters. The molecule has 7 heteroatoms. The molecule has 30 heavy (non-hydrogen) atoms. The Morgan fingerprint density at radius 1 is 0.967 bits per heavy atom. The van der Waals surface area contributed by atoms with Crippen LogP contribution in [0.15, 0.2) is 77.7 Å². The third-order valence-electron chi connectivity index (χ3n) is 4.56. The van der Waals surface area contributed by atoms with Gasteiger partial charge in [-0.3, -0.25) is 0 Å². The molecule has 0 aromatic heterocycles. The summed E-state index contributed by atoms with van der Waals surface area (Å²) in [6, 6.07) is 21.8. The topological polar surface area (TPSA) is 63.7 Å². The molecule has 0 bridgehead atoms. The largest absolute Gasteiger partial charge is 0.465 e. The van der Waals surface area contributed by atoms with Gasteiger partial charge in [0.2, 0.25) is 0 Å². The Balaban J connectivity index is 2.00. The lowest BCUT2D eigenvalue weighted by Gasteiger charge is -2.23. The number of carbonyl (C=O) groups excluding carboxylic acids is 1. The molecule has 0 saturated carbocycles. The molecule has 156 valence electrons. The number of hydrogen-bond acceptors (Lipinski definition) is 5. The Bertz CT molecular complexity index is 1130. The normalized spacial score (nSPS) is 11.2. The van der Waals surface area contributed by atoms with Crippen LogP contribution in [0, 0.1) is 6.92 Å². The van der Waals surface area contributed by atoms with E-state index in [9.17, 15) is 13.2 Å². The zero-order valence-electron chi connectivity index (χ0n) is 17.0. The maximum atomic E-state index is 13.4. The van der Waals surface area contributed by atoms with Crippen LogP contribution >= 0.6 is 11.9 Å². The van der Waals surface area contributed by atoms with Gasteiger partial charge in [-0.15, -0.1) is 0 Å². The quantitative estimate of drug-likeness (QED) is 0.367. The SMILES string of the molecule is CCSN(c1ccc(-c2ccccc2)cc1)S(=O)(=O)c1ccc(C)c(C(=O)OC)c1. The van der Waals surface area contributed by atoms with Crippen LogP contribution in [0.25, 0.3) is 11.1 Å². The Morgan fingerprint density at radius 2 is 1.60 bits per heavy atom. The van der Waals surface area contributed by atoms with E-state index in [0.717, 1.165) is 11.1 Å². The van der Waals surface area contributed by atoms with Gasteiger partial charge in [0.25, 0.3) is 10.0 Å². The molecule has 0 aliphatic carbocycles. The number of methoxy groups -OCH3 is 1. The average molecular weight is 442 g/mol. The lowest BCUT2D eigenvalue weighted by molar-refractivity contribution is 0.0599. The molecule has 3 aromatic carbocycles. The molecule has 3 rings (SSSR count). The summed E-state index contributed by atoms with van der Waals surface area (Å²) in [5.74, 6) is 0.00140. The molecule has 3 aromatic rings. The van der Waals surface area contributed by atoms with E-state index in [1.807, 2.05) is 49.4 Å². The number of ether oxygens (including phenoxy) is 1. The monoisotopic (exact) mass is 441 g/mol. The van der Waals surface area contributed by atoms with Gasteiger partial charge >= 0.3 is 5.97 Å². The van der Waals surface area contributed by atoms with E-state index < -0.39 is 16.0 Å². The van der Waals surface area contributed by atoms with Crippen molar-refractivity contribution in [2.45, 2.75) is 18.7 Å². The molecule has 0 amide bonds. The fraction of sp³-hybridized carbons (Fsp3) is 0.174. The van der Waals surface area contributed by atoms with E-state index in [2.05, 4.69) is 0 Å². The molecule has 0 N–H and O–H groups in total. The number of benzene rings is 3. The predicted octanol–water partition coefficient (Wildman–Crippen LogP) is 5.31. The van der Waals surface area contributed by atoms with Crippen molar-refractivity contribution in [3.8, 4) is 11.1 Å². The Labute approximate surface area is 181 Å². The first-order valence-corrected chi connectivity index (χ1v) is 11.8. The number of carbonyl (C=O) groups is 1. The number of hydrogen-bond donors (Lipinski definition) is 0. The third kappa shape index (κ3) is 4.52. The van der Waals surface area contributed by atoms with E-state index in [-0.39, 0.29) is 10.5 Å². The number of nitrogens with zero attached hydrogens (tertiary/aromatic N) is 1. The number of esters is 1. The standard InChI is InChI=1S/C23H23NO4S2/c1-4-29-24(20-13-11-19(12-14-20)18-8-6-5-7-9-18)30(26,27)21-15-10-17(2)22(16-21)23(25)28-3/h5-16H,4H2,1-3H3. The zero-order valence-corrected chi connectivity index (χ0v) is 18.7. The second-order valence-corrected chi connectivity index (χ2v) is 9.75. The summed E-state index contributed by atoms with van der Waals surface area (Å²) in [4.78, 5) is 12.1. The van der Waals surface area contributed by atoms with E-state index in [1.165, 1.54) is 34.9 Å². The number of rotatable bonds is 7. The Hall–Kier alpha value is -2.77. The van der Waals surface area contributed by atoms with Crippen LogP contribution in [0.2, 0.25) is 0 Å². The van der Waals surface area contributed by atoms with Gasteiger partial charge in [0.15, 0.2) is 0 Å². The Kier molecular flexibility index (Phi) is 6.84. The van der Waals surface area contributed by atoms with Crippen molar-refractivity contribution in [1.82, 2.24) is 0 Å². The van der Waals surface area contributed by atoms with E-state index in [0.29, 0.717) is 17.0 Å². The fourth-order valence-corrected chi connectivity index (χ4v) is 5.73. The minimum atomic E-state index is -3.89. The van der Waals surface area contributed by atoms with Crippen LogP contribution in [0.5, 0.6) is 0 Å². The number of anilines is 1. The minimum absolute atomic E-state index is 0.0431. The summed E-state index contributed by atoms with van der Waals surface area (Å²) < 4.78 is 32.9. The maximum Gasteiger partial charge on any atom is 0.338 e. The second-order valence-electron chi connectivity index (χ2n) is 6.53. The molecular formula is C23H23NO4S2. The van der Waals surface area contributed by atoms with Crippen LogP contribution in [0.4, 0.5) is 5.69 Å². The van der Waals surface area contributed by atoms with Gasteiger partial charge in [-0.1, -0.05) is 55.5 Å². The number of sulfonamides is 1. The van der Waals surface area contributed by atoms with Gasteiger partial charge in [-0.2, -0.15) is 0 Å². The lowest BCUT2D eigenvalue weighted by Crippen LogP contribution is -2.25. The first-order chi connectivity index (χ1) is 14.4. The molecule has 0 spiro atoms. The van der Waals surface area contributed by atoms with Gasteiger partial charge in [0.1, 0.15) is 0 Å². The predicted molar refractivity (Wildman–Crippen MR) is 122 cm³/mol. The van der Waals surface area contributed by atoms with E-state index >= 15 is 0 Å². The zero-order chi connectivity index (χ0) is 21.7. The van der Waals surface area contributed by atoms with E-state index in [1.54, 1.807) is 25.1 Å². The van der Waals surface area contributed by atoms with Crippen LogP contribution < -0.4 is 3.71 Å². The average Bonchev–Trinajstić information content (AvgIpc) is 2.77. The lowest BCUT2D eigenvalue weighted by atomic mass is 10.1. The van der Waals surface area contributed by atoms with Crippen molar-refractivity contribution >= 4 is 33.6 Å². The van der Waals surface area contributed by atoms with Crippen LogP contribution in [-0.4, -0.2) is 27.2 Å². The summed E-state index contributed by atoms with van der Waals surface area (Å²) in [5, 5.41) is 0. The summed E-state index contributed by atoms with van der Waals surface area (Å²) in [5.41, 5.74) is 3.49. The highest BCUT2D eigenvalue weighted by atomic mass is 32.3. The highest BCUT2D eigenvalue weighted by molar-refractivity contribution is 8.14. The third-order valence-corrected chi connectivity index (χ3v) is 7.67. The van der Waals surface area contributed by atoms with Crippen molar-refractivity contribution in [1.29, 1.82) is 0 Å². The molecule has 0 aliphatic rings. The highest BCUT2D eigenvalue weighted by Crippen LogP contribution is 2.33. The smallest absolute Gasteiger partial charge is 0.338 e. The molecule has 0 heterocycles. The Morgan fingerprint density at radius 3 is 2.20 bits per heavy atom. The van der Waals surface area contributed by atoms with Crippen molar-refractivity contribution < 1.29 is 17.9 Å². The second kappa shape index (κ2) is 9.36. The van der Waals surface area contributed by atoms with Gasteiger partial charge < -0.3 is 4.74 Å². The maximum absolute atomic E-state index is 13.4.